The lowest BCUT2D eigenvalue weighted by Crippen LogP contribution is -2.28. The Morgan fingerprint density at radius 3 is 2.50 bits per heavy atom. The quantitative estimate of drug-likeness (QED) is 0.713. The fourth-order valence-electron chi connectivity index (χ4n) is 2.87. The number of aromatic carboxylic acids is 1. The summed E-state index contributed by atoms with van der Waals surface area (Å²) in [5.41, 5.74) is 0.602. The molecule has 0 saturated carbocycles. The number of carbonyl (C=O) groups excluding carboxylic acids is 1. The van der Waals surface area contributed by atoms with Gasteiger partial charge in [-0.3, -0.25) is 4.79 Å². The van der Waals surface area contributed by atoms with Crippen molar-refractivity contribution in [1.82, 2.24) is 0 Å². The summed E-state index contributed by atoms with van der Waals surface area (Å²) in [5.74, 6) is -2.48. The minimum atomic E-state index is -1.27. The van der Waals surface area contributed by atoms with E-state index in [-0.39, 0.29) is 23.7 Å². The first-order valence-corrected chi connectivity index (χ1v) is 6.29. The number of fused-ring (bicyclic) bond motifs is 1. The average Bonchev–Trinajstić information content (AvgIpc) is 2.25. The molecule has 6 nitrogen and oxygen atoms in total. The van der Waals surface area contributed by atoms with Crippen molar-refractivity contribution in [2.24, 2.45) is 0 Å². The number of hydrogen-bond donors (Lipinski definition) is 3. The van der Waals surface area contributed by atoms with Crippen molar-refractivity contribution >= 4 is 11.9 Å². The smallest absolute Gasteiger partial charge is 0.339 e. The van der Waals surface area contributed by atoms with E-state index in [0.717, 1.165) is 6.07 Å². The summed E-state index contributed by atoms with van der Waals surface area (Å²) in [6.07, 6.45) is 0.224. The summed E-state index contributed by atoms with van der Waals surface area (Å²) in [4.78, 5) is 22.3. The van der Waals surface area contributed by atoms with Crippen LogP contribution in [0, 0.1) is 0 Å². The Hall–Kier alpha value is -2.24. The molecule has 1 aliphatic rings. The third-order valence-electron chi connectivity index (χ3n) is 3.52. The van der Waals surface area contributed by atoms with E-state index in [1.54, 1.807) is 0 Å². The average molecular weight is 280 g/mol. The number of phenols is 2. The monoisotopic (exact) mass is 280 g/mol. The van der Waals surface area contributed by atoms with Gasteiger partial charge in [0, 0.05) is 25.0 Å². The van der Waals surface area contributed by atoms with Crippen LogP contribution in [-0.4, -0.2) is 33.4 Å². The van der Waals surface area contributed by atoms with E-state index in [4.69, 9.17) is 4.74 Å². The second-order valence-electron chi connectivity index (χ2n) is 5.06. The summed E-state index contributed by atoms with van der Waals surface area (Å²) in [6.45, 7) is 3.11. The second kappa shape index (κ2) is 5.03. The van der Waals surface area contributed by atoms with Gasteiger partial charge in [-0.1, -0.05) is 6.92 Å². The number of esters is 1. The molecule has 6 heteroatoms. The number of benzene rings is 1. The molecule has 0 heterocycles. The van der Waals surface area contributed by atoms with Crippen LogP contribution in [0.5, 0.6) is 11.5 Å². The lowest BCUT2D eigenvalue weighted by Gasteiger charge is -2.30. The Morgan fingerprint density at radius 2 is 1.95 bits per heavy atom. The first kappa shape index (κ1) is 14.2. The number of aromatic hydroxyl groups is 2. The number of hydrogen-bond acceptors (Lipinski definition) is 5. The fourth-order valence-corrected chi connectivity index (χ4v) is 2.87. The van der Waals surface area contributed by atoms with Crippen molar-refractivity contribution in [2.75, 3.05) is 0 Å². The fraction of sp³-hybridized carbons (Fsp3) is 0.429. The molecule has 0 aliphatic heterocycles. The number of phenolic OH excluding ortho intramolecular Hbond substituents is 1. The van der Waals surface area contributed by atoms with E-state index in [0.29, 0.717) is 17.5 Å². The van der Waals surface area contributed by atoms with Crippen molar-refractivity contribution in [3.05, 3.63) is 22.8 Å². The van der Waals surface area contributed by atoms with Crippen LogP contribution in [0.25, 0.3) is 0 Å². The van der Waals surface area contributed by atoms with Gasteiger partial charge in [-0.15, -0.1) is 0 Å². The van der Waals surface area contributed by atoms with Crippen molar-refractivity contribution in [3.8, 4) is 11.5 Å². The summed E-state index contributed by atoms with van der Waals surface area (Å²) >= 11 is 0. The summed E-state index contributed by atoms with van der Waals surface area (Å²) < 4.78 is 5.14. The molecule has 1 aliphatic carbocycles. The van der Waals surface area contributed by atoms with Gasteiger partial charge in [0.15, 0.2) is 0 Å². The van der Waals surface area contributed by atoms with Crippen LogP contribution in [0.4, 0.5) is 0 Å². The number of carbonyl (C=O) groups is 2. The van der Waals surface area contributed by atoms with Crippen LogP contribution in [0.15, 0.2) is 6.07 Å². The number of ether oxygens (including phenoxy) is 1. The molecule has 1 aromatic rings. The zero-order chi connectivity index (χ0) is 15.0. The Labute approximate surface area is 115 Å². The molecular formula is C14H16O6. The molecule has 108 valence electrons. The van der Waals surface area contributed by atoms with E-state index in [9.17, 15) is 24.9 Å². The highest BCUT2D eigenvalue weighted by Gasteiger charge is 2.33. The molecular weight excluding hydrogens is 264 g/mol. The van der Waals surface area contributed by atoms with Gasteiger partial charge < -0.3 is 20.1 Å². The molecule has 0 radical (unpaired) electrons. The van der Waals surface area contributed by atoms with Gasteiger partial charge in [0.05, 0.1) is 0 Å². The highest BCUT2D eigenvalue weighted by atomic mass is 16.5. The summed E-state index contributed by atoms with van der Waals surface area (Å²) in [5, 5.41) is 28.9. The third kappa shape index (κ3) is 2.41. The first-order chi connectivity index (χ1) is 9.31. The van der Waals surface area contributed by atoms with E-state index >= 15 is 0 Å². The van der Waals surface area contributed by atoms with Gasteiger partial charge in [-0.25, -0.2) is 4.79 Å². The maximum atomic E-state index is 11.3. The van der Waals surface area contributed by atoms with E-state index in [1.807, 2.05) is 6.92 Å². The van der Waals surface area contributed by atoms with Crippen molar-refractivity contribution < 1.29 is 29.6 Å². The number of carboxylic acids is 1. The number of rotatable bonds is 2. The molecule has 0 amide bonds. The van der Waals surface area contributed by atoms with Crippen LogP contribution < -0.4 is 0 Å². The zero-order valence-corrected chi connectivity index (χ0v) is 11.2. The summed E-state index contributed by atoms with van der Waals surface area (Å²) in [6, 6.07) is 1.05. The molecule has 2 rings (SSSR count). The van der Waals surface area contributed by atoms with Crippen LogP contribution in [-0.2, 0) is 16.0 Å². The second-order valence-corrected chi connectivity index (χ2v) is 5.06. The maximum Gasteiger partial charge on any atom is 0.339 e. The highest BCUT2D eigenvalue weighted by Crippen LogP contribution is 2.43. The molecule has 2 atom stereocenters. The van der Waals surface area contributed by atoms with E-state index in [2.05, 4.69) is 0 Å². The first-order valence-electron chi connectivity index (χ1n) is 6.29. The SMILES string of the molecule is CC(=O)OC1Cc2c(C(=O)O)c(O)cc(O)c2C(C)C1. The predicted molar refractivity (Wildman–Crippen MR) is 69.0 cm³/mol. The predicted octanol–water partition coefficient (Wildman–Crippen LogP) is 1.78. The molecule has 3 N–H and O–H groups in total. The lowest BCUT2D eigenvalue weighted by atomic mass is 9.79. The standard InChI is InChI=1S/C14H16O6/c1-6-3-8(20-7(2)15)4-9-12(6)10(16)5-11(17)13(9)14(18)19/h5-6,8,16-17H,3-4H2,1-2H3,(H,18,19). The van der Waals surface area contributed by atoms with Crippen LogP contribution >= 0.6 is 0 Å². The Kier molecular flexibility index (Phi) is 3.57. The van der Waals surface area contributed by atoms with Crippen LogP contribution in [0.1, 0.15) is 47.7 Å². The minimum absolute atomic E-state index is 0.128. The lowest BCUT2D eigenvalue weighted by molar-refractivity contribution is -0.147. The molecule has 0 fully saturated rings. The summed E-state index contributed by atoms with van der Waals surface area (Å²) in [7, 11) is 0. The third-order valence-corrected chi connectivity index (χ3v) is 3.52. The van der Waals surface area contributed by atoms with Gasteiger partial charge in [0.25, 0.3) is 0 Å². The minimum Gasteiger partial charge on any atom is -0.508 e. The normalized spacial score (nSPS) is 21.1. The van der Waals surface area contributed by atoms with Gasteiger partial charge in [0.1, 0.15) is 23.2 Å². The largest absolute Gasteiger partial charge is 0.508 e. The van der Waals surface area contributed by atoms with Crippen molar-refractivity contribution in [2.45, 2.75) is 38.7 Å². The molecule has 0 saturated heterocycles. The molecule has 1 aromatic carbocycles. The molecule has 0 aromatic heterocycles. The number of carboxylic acid groups (broad SMARTS) is 1. The van der Waals surface area contributed by atoms with Gasteiger partial charge in [-0.2, -0.15) is 0 Å². The highest BCUT2D eigenvalue weighted by molar-refractivity contribution is 5.93. The van der Waals surface area contributed by atoms with E-state index in [1.165, 1.54) is 6.92 Å². The Morgan fingerprint density at radius 1 is 1.30 bits per heavy atom. The molecule has 20 heavy (non-hydrogen) atoms. The maximum absolute atomic E-state index is 11.3. The molecule has 2 unspecified atom stereocenters. The topological polar surface area (TPSA) is 104 Å². The van der Waals surface area contributed by atoms with Crippen molar-refractivity contribution in [3.63, 3.8) is 0 Å². The van der Waals surface area contributed by atoms with Gasteiger partial charge in [0.2, 0.25) is 0 Å². The Bertz CT molecular complexity index is 578. The zero-order valence-electron chi connectivity index (χ0n) is 11.2. The van der Waals surface area contributed by atoms with Crippen molar-refractivity contribution in [1.29, 1.82) is 0 Å². The van der Waals surface area contributed by atoms with Gasteiger partial charge in [-0.05, 0) is 17.9 Å². The molecule has 0 spiro atoms. The Balaban J connectivity index is 2.54. The van der Waals surface area contributed by atoms with Gasteiger partial charge >= 0.3 is 11.9 Å². The van der Waals surface area contributed by atoms with Crippen LogP contribution in [0.2, 0.25) is 0 Å². The van der Waals surface area contributed by atoms with Crippen LogP contribution in [0.3, 0.4) is 0 Å². The van der Waals surface area contributed by atoms with E-state index < -0.39 is 23.8 Å². The molecule has 0 bridgehead atoms.